The van der Waals surface area contributed by atoms with Crippen LogP contribution in [0.25, 0.3) is 33.2 Å². The van der Waals surface area contributed by atoms with Crippen LogP contribution in [0.4, 0.5) is 0 Å². The van der Waals surface area contributed by atoms with Crippen molar-refractivity contribution in [2.75, 3.05) is 0 Å². The summed E-state index contributed by atoms with van der Waals surface area (Å²) in [6.45, 7) is 4.55. The molecule has 0 spiro atoms. The minimum absolute atomic E-state index is 0.204. The van der Waals surface area contributed by atoms with Crippen LogP contribution in [0.15, 0.2) is 83.7 Å². The second-order valence-electron chi connectivity index (χ2n) is 10.2. The Hall–Kier alpha value is -3.46. The second-order valence-corrected chi connectivity index (χ2v) is 10.2. The monoisotopic (exact) mass is 446 g/mol. The summed E-state index contributed by atoms with van der Waals surface area (Å²) >= 11 is 0. The fraction of sp³-hybridized carbons (Fsp3) is 0.290. The van der Waals surface area contributed by atoms with Crippen LogP contribution in [-0.2, 0) is 11.8 Å². The van der Waals surface area contributed by atoms with Crippen molar-refractivity contribution in [1.29, 1.82) is 0 Å². The molecule has 3 heterocycles. The first-order valence-electron chi connectivity index (χ1n) is 12.4. The molecule has 6 rings (SSSR count). The molecule has 0 N–H and O–H groups in total. The highest BCUT2D eigenvalue weighted by molar-refractivity contribution is 6.11. The summed E-state index contributed by atoms with van der Waals surface area (Å²) in [6.07, 6.45) is 12.3. The van der Waals surface area contributed by atoms with Gasteiger partial charge in [0.15, 0.2) is 0 Å². The van der Waals surface area contributed by atoms with Gasteiger partial charge in [-0.05, 0) is 65.4 Å². The number of fused-ring (bicyclic) bond motifs is 3. The zero-order valence-corrected chi connectivity index (χ0v) is 19.9. The minimum Gasteiger partial charge on any atom is -0.455 e. The van der Waals surface area contributed by atoms with E-state index in [0.29, 0.717) is 0 Å². The molecule has 3 nitrogen and oxygen atoms in total. The van der Waals surface area contributed by atoms with E-state index in [1.807, 2.05) is 24.7 Å². The molecule has 5 aromatic rings. The summed E-state index contributed by atoms with van der Waals surface area (Å²) in [6, 6.07) is 21.5. The van der Waals surface area contributed by atoms with Gasteiger partial charge in [0.2, 0.25) is 0 Å². The Morgan fingerprint density at radius 1 is 0.912 bits per heavy atom. The summed E-state index contributed by atoms with van der Waals surface area (Å²) < 4.78 is 6.53. The number of pyridine rings is 2. The molecular formula is C31H30N2O. The fourth-order valence-electron chi connectivity index (χ4n) is 5.77. The summed E-state index contributed by atoms with van der Waals surface area (Å²) in [7, 11) is 0. The van der Waals surface area contributed by atoms with Crippen molar-refractivity contribution in [2.45, 2.75) is 51.4 Å². The fourth-order valence-corrected chi connectivity index (χ4v) is 5.77. The third kappa shape index (κ3) is 3.60. The summed E-state index contributed by atoms with van der Waals surface area (Å²) in [5, 5.41) is 2.33. The van der Waals surface area contributed by atoms with Crippen LogP contribution in [0, 0.1) is 5.92 Å². The number of hydrogen-bond donors (Lipinski definition) is 0. The molecule has 3 heteroatoms. The van der Waals surface area contributed by atoms with Crippen LogP contribution in [0.2, 0.25) is 0 Å². The summed E-state index contributed by atoms with van der Waals surface area (Å²) in [4.78, 5) is 9.01. The molecule has 0 unspecified atom stereocenters. The third-order valence-electron chi connectivity index (χ3n) is 7.70. The standard InChI is InChI=1S/C31H30N2O/c1-31(2,23-14-16-32-17-15-23)26-12-11-24(30-29(26)25-9-5-6-10-28(25)34-30)27-20-22(13-18-33-27)19-21-7-3-4-8-21/h5-6,9-18,20-21H,3-4,7-8,19H2,1-2H3. The average Bonchev–Trinajstić information content (AvgIpc) is 3.52. The Morgan fingerprint density at radius 3 is 2.53 bits per heavy atom. The van der Waals surface area contributed by atoms with Crippen molar-refractivity contribution < 1.29 is 4.42 Å². The van der Waals surface area contributed by atoms with Crippen molar-refractivity contribution in [2.24, 2.45) is 5.92 Å². The Kier molecular flexibility index (Phi) is 5.21. The van der Waals surface area contributed by atoms with Crippen LogP contribution in [-0.4, -0.2) is 9.97 Å². The van der Waals surface area contributed by atoms with Gasteiger partial charge in [0.1, 0.15) is 11.2 Å². The Balaban J connectivity index is 1.53. The van der Waals surface area contributed by atoms with Gasteiger partial charge in [-0.1, -0.05) is 63.8 Å². The third-order valence-corrected chi connectivity index (χ3v) is 7.70. The SMILES string of the molecule is CC(C)(c1ccncc1)c1ccc(-c2cc(CC3CCCC3)ccn2)c2oc3ccccc3c12. The molecule has 0 atom stereocenters. The maximum Gasteiger partial charge on any atom is 0.145 e. The van der Waals surface area contributed by atoms with Gasteiger partial charge < -0.3 is 4.42 Å². The highest BCUT2D eigenvalue weighted by Gasteiger charge is 2.28. The molecule has 1 aliphatic rings. The number of para-hydroxylation sites is 1. The zero-order chi connectivity index (χ0) is 23.1. The van der Waals surface area contributed by atoms with E-state index in [2.05, 4.69) is 73.4 Å². The van der Waals surface area contributed by atoms with Crippen molar-refractivity contribution in [3.05, 3.63) is 95.9 Å². The first-order valence-corrected chi connectivity index (χ1v) is 12.4. The molecule has 1 saturated carbocycles. The van der Waals surface area contributed by atoms with Crippen LogP contribution >= 0.6 is 0 Å². The normalized spacial score (nSPS) is 14.9. The molecule has 34 heavy (non-hydrogen) atoms. The van der Waals surface area contributed by atoms with Crippen LogP contribution < -0.4 is 0 Å². The molecule has 0 radical (unpaired) electrons. The van der Waals surface area contributed by atoms with Gasteiger partial charge in [-0.25, -0.2) is 0 Å². The van der Waals surface area contributed by atoms with Gasteiger partial charge in [-0.15, -0.1) is 0 Å². The maximum atomic E-state index is 6.53. The quantitative estimate of drug-likeness (QED) is 0.274. The molecule has 0 amide bonds. The number of rotatable bonds is 5. The molecule has 3 aromatic heterocycles. The van der Waals surface area contributed by atoms with Crippen molar-refractivity contribution in [3.8, 4) is 11.3 Å². The highest BCUT2D eigenvalue weighted by Crippen LogP contribution is 2.43. The van der Waals surface area contributed by atoms with E-state index in [0.717, 1.165) is 40.1 Å². The van der Waals surface area contributed by atoms with Gasteiger partial charge in [0.05, 0.1) is 5.69 Å². The maximum absolute atomic E-state index is 6.53. The smallest absolute Gasteiger partial charge is 0.145 e. The molecule has 170 valence electrons. The lowest BCUT2D eigenvalue weighted by Crippen LogP contribution is -2.19. The number of hydrogen-bond acceptors (Lipinski definition) is 3. The second kappa shape index (κ2) is 8.39. The number of furan rings is 1. The lowest BCUT2D eigenvalue weighted by Gasteiger charge is -2.27. The molecule has 1 fully saturated rings. The lowest BCUT2D eigenvalue weighted by atomic mass is 9.76. The first-order chi connectivity index (χ1) is 16.6. The molecule has 1 aliphatic carbocycles. The van der Waals surface area contributed by atoms with E-state index in [1.165, 1.54) is 47.8 Å². The topological polar surface area (TPSA) is 38.9 Å². The van der Waals surface area contributed by atoms with Gasteiger partial charge >= 0.3 is 0 Å². The van der Waals surface area contributed by atoms with Crippen LogP contribution in [0.3, 0.4) is 0 Å². The van der Waals surface area contributed by atoms with Crippen LogP contribution in [0.1, 0.15) is 56.2 Å². The van der Waals surface area contributed by atoms with E-state index < -0.39 is 0 Å². The lowest BCUT2D eigenvalue weighted by molar-refractivity contribution is 0.546. The van der Waals surface area contributed by atoms with Crippen molar-refractivity contribution in [3.63, 3.8) is 0 Å². The van der Waals surface area contributed by atoms with E-state index in [-0.39, 0.29) is 5.41 Å². The molecule has 0 bridgehead atoms. The largest absolute Gasteiger partial charge is 0.455 e. The molecule has 0 saturated heterocycles. The Bertz CT molecular complexity index is 1460. The predicted octanol–water partition coefficient (Wildman–Crippen LogP) is 8.10. The van der Waals surface area contributed by atoms with E-state index in [1.54, 1.807) is 0 Å². The van der Waals surface area contributed by atoms with Gasteiger partial charge in [0, 0.05) is 40.3 Å². The van der Waals surface area contributed by atoms with E-state index >= 15 is 0 Å². The predicted molar refractivity (Wildman–Crippen MR) is 139 cm³/mol. The Morgan fingerprint density at radius 2 is 1.71 bits per heavy atom. The minimum atomic E-state index is -0.204. The average molecular weight is 447 g/mol. The number of nitrogens with zero attached hydrogens (tertiary/aromatic N) is 2. The zero-order valence-electron chi connectivity index (χ0n) is 19.9. The van der Waals surface area contributed by atoms with E-state index in [9.17, 15) is 0 Å². The number of benzene rings is 2. The van der Waals surface area contributed by atoms with E-state index in [4.69, 9.17) is 9.40 Å². The number of aromatic nitrogens is 2. The molecule has 0 aliphatic heterocycles. The van der Waals surface area contributed by atoms with Gasteiger partial charge in [0.25, 0.3) is 0 Å². The molecule has 2 aromatic carbocycles. The Labute approximate surface area is 200 Å². The molecular weight excluding hydrogens is 416 g/mol. The van der Waals surface area contributed by atoms with Crippen molar-refractivity contribution >= 4 is 21.9 Å². The summed E-state index contributed by atoms with van der Waals surface area (Å²) in [5.74, 6) is 0.810. The van der Waals surface area contributed by atoms with Crippen molar-refractivity contribution in [1.82, 2.24) is 9.97 Å². The highest BCUT2D eigenvalue weighted by atomic mass is 16.3. The summed E-state index contributed by atoms with van der Waals surface area (Å²) in [5.41, 5.74) is 7.56. The van der Waals surface area contributed by atoms with Gasteiger partial charge in [-0.3, -0.25) is 9.97 Å². The van der Waals surface area contributed by atoms with Gasteiger partial charge in [-0.2, -0.15) is 0 Å². The van der Waals surface area contributed by atoms with Crippen LogP contribution in [0.5, 0.6) is 0 Å². The first kappa shape index (κ1) is 21.1.